The molecule has 1 aromatic heterocycles. The molecule has 2 rings (SSSR count). The van der Waals surface area contributed by atoms with Crippen LogP contribution in [0.15, 0.2) is 18.3 Å². The molecule has 1 N–H and O–H groups in total. The zero-order chi connectivity index (χ0) is 14.7. The van der Waals surface area contributed by atoms with Gasteiger partial charge in [-0.25, -0.2) is 0 Å². The molecule has 0 saturated carbocycles. The van der Waals surface area contributed by atoms with Gasteiger partial charge in [0.2, 0.25) is 0 Å². The molecule has 0 aliphatic heterocycles. The van der Waals surface area contributed by atoms with Crippen LogP contribution in [0.1, 0.15) is 16.8 Å². The summed E-state index contributed by atoms with van der Waals surface area (Å²) in [5, 5.41) is 7.66. The minimum absolute atomic E-state index is 0.725. The van der Waals surface area contributed by atoms with Gasteiger partial charge in [0.15, 0.2) is 11.5 Å². The SMILES string of the molecule is COc1cc(C)c(NCc2cnn(C)c2C)cc1OC. The number of hydrogen-bond acceptors (Lipinski definition) is 4. The Balaban J connectivity index is 2.19. The summed E-state index contributed by atoms with van der Waals surface area (Å²) in [7, 11) is 5.23. The van der Waals surface area contributed by atoms with Gasteiger partial charge in [0.1, 0.15) is 0 Å². The Labute approximate surface area is 119 Å². The minimum atomic E-state index is 0.725. The average molecular weight is 275 g/mol. The zero-order valence-electron chi connectivity index (χ0n) is 12.7. The lowest BCUT2D eigenvalue weighted by Crippen LogP contribution is -2.03. The van der Waals surface area contributed by atoms with E-state index in [-0.39, 0.29) is 0 Å². The molecule has 1 aromatic carbocycles. The molecule has 0 radical (unpaired) electrons. The van der Waals surface area contributed by atoms with Gasteiger partial charge in [-0.05, 0) is 25.5 Å². The quantitative estimate of drug-likeness (QED) is 0.911. The van der Waals surface area contributed by atoms with E-state index in [9.17, 15) is 0 Å². The van der Waals surface area contributed by atoms with Gasteiger partial charge >= 0.3 is 0 Å². The van der Waals surface area contributed by atoms with Gasteiger partial charge in [-0.1, -0.05) is 0 Å². The van der Waals surface area contributed by atoms with Crippen LogP contribution in [0.25, 0.3) is 0 Å². The van der Waals surface area contributed by atoms with Crippen molar-refractivity contribution >= 4 is 5.69 Å². The molecule has 5 heteroatoms. The fraction of sp³-hybridized carbons (Fsp3) is 0.400. The first-order valence-corrected chi connectivity index (χ1v) is 6.50. The molecule has 0 bridgehead atoms. The van der Waals surface area contributed by atoms with Crippen LogP contribution in [-0.4, -0.2) is 24.0 Å². The molecule has 0 unspecified atom stereocenters. The minimum Gasteiger partial charge on any atom is -0.493 e. The molecule has 0 fully saturated rings. The summed E-state index contributed by atoms with van der Waals surface area (Å²) in [5.74, 6) is 1.47. The second-order valence-electron chi connectivity index (χ2n) is 4.75. The van der Waals surface area contributed by atoms with Crippen LogP contribution in [0.5, 0.6) is 11.5 Å². The molecule has 0 atom stereocenters. The van der Waals surface area contributed by atoms with Crippen molar-refractivity contribution in [3.63, 3.8) is 0 Å². The first-order chi connectivity index (χ1) is 9.56. The molecule has 108 valence electrons. The van der Waals surface area contributed by atoms with Crippen LogP contribution < -0.4 is 14.8 Å². The molecule has 0 spiro atoms. The number of benzene rings is 1. The first kappa shape index (κ1) is 14.2. The Hall–Kier alpha value is -2.17. The van der Waals surface area contributed by atoms with Crippen LogP contribution in [-0.2, 0) is 13.6 Å². The van der Waals surface area contributed by atoms with Gasteiger partial charge in [-0.15, -0.1) is 0 Å². The summed E-state index contributed by atoms with van der Waals surface area (Å²) < 4.78 is 12.5. The molecule has 0 amide bonds. The molecule has 2 aromatic rings. The second-order valence-corrected chi connectivity index (χ2v) is 4.75. The van der Waals surface area contributed by atoms with Gasteiger partial charge in [0.25, 0.3) is 0 Å². The Kier molecular flexibility index (Phi) is 4.17. The Bertz CT molecular complexity index is 605. The Morgan fingerprint density at radius 1 is 1.15 bits per heavy atom. The van der Waals surface area contributed by atoms with E-state index in [1.165, 1.54) is 5.56 Å². The molecule has 0 aliphatic carbocycles. The summed E-state index contributed by atoms with van der Waals surface area (Å²) in [5.41, 5.74) is 4.49. The fourth-order valence-corrected chi connectivity index (χ4v) is 2.08. The van der Waals surface area contributed by atoms with Gasteiger partial charge < -0.3 is 14.8 Å². The number of anilines is 1. The summed E-state index contributed by atoms with van der Waals surface area (Å²) in [4.78, 5) is 0. The summed E-state index contributed by atoms with van der Waals surface area (Å²) >= 11 is 0. The van der Waals surface area contributed by atoms with E-state index in [1.807, 2.05) is 37.0 Å². The molecular weight excluding hydrogens is 254 g/mol. The van der Waals surface area contributed by atoms with Crippen molar-refractivity contribution in [3.05, 3.63) is 35.2 Å². The normalized spacial score (nSPS) is 10.4. The largest absolute Gasteiger partial charge is 0.493 e. The maximum Gasteiger partial charge on any atom is 0.162 e. The number of aromatic nitrogens is 2. The summed E-state index contributed by atoms with van der Waals surface area (Å²) in [6, 6.07) is 3.93. The summed E-state index contributed by atoms with van der Waals surface area (Å²) in [6.07, 6.45) is 1.89. The fourth-order valence-electron chi connectivity index (χ4n) is 2.08. The van der Waals surface area contributed by atoms with Crippen molar-refractivity contribution in [3.8, 4) is 11.5 Å². The predicted octanol–water partition coefficient (Wildman–Crippen LogP) is 2.67. The van der Waals surface area contributed by atoms with E-state index < -0.39 is 0 Å². The van der Waals surface area contributed by atoms with E-state index in [1.54, 1.807) is 14.2 Å². The number of aryl methyl sites for hydroxylation is 2. The third-order valence-electron chi connectivity index (χ3n) is 3.54. The number of methoxy groups -OCH3 is 2. The average Bonchev–Trinajstić information content (AvgIpc) is 2.77. The maximum atomic E-state index is 5.33. The highest BCUT2D eigenvalue weighted by Gasteiger charge is 2.09. The second kappa shape index (κ2) is 5.86. The van der Waals surface area contributed by atoms with Crippen LogP contribution in [0.4, 0.5) is 5.69 Å². The van der Waals surface area contributed by atoms with E-state index in [4.69, 9.17) is 9.47 Å². The number of hydrogen-bond donors (Lipinski definition) is 1. The van der Waals surface area contributed by atoms with Crippen LogP contribution in [0.3, 0.4) is 0 Å². The van der Waals surface area contributed by atoms with Gasteiger partial charge in [0, 0.05) is 36.6 Å². The third kappa shape index (κ3) is 2.71. The molecule has 0 aliphatic rings. The number of ether oxygens (including phenoxy) is 2. The van der Waals surface area contributed by atoms with Crippen LogP contribution in [0, 0.1) is 13.8 Å². The van der Waals surface area contributed by atoms with Gasteiger partial charge in [-0.2, -0.15) is 5.10 Å². The lowest BCUT2D eigenvalue weighted by Gasteiger charge is -2.14. The van der Waals surface area contributed by atoms with Crippen molar-refractivity contribution in [2.45, 2.75) is 20.4 Å². The topological polar surface area (TPSA) is 48.3 Å². The third-order valence-corrected chi connectivity index (χ3v) is 3.54. The monoisotopic (exact) mass is 275 g/mol. The number of nitrogens with one attached hydrogen (secondary N) is 1. The highest BCUT2D eigenvalue weighted by atomic mass is 16.5. The molecule has 0 saturated heterocycles. The highest BCUT2D eigenvalue weighted by Crippen LogP contribution is 2.33. The molecule has 20 heavy (non-hydrogen) atoms. The molecule has 1 heterocycles. The van der Waals surface area contributed by atoms with Crippen molar-refractivity contribution in [2.24, 2.45) is 7.05 Å². The highest BCUT2D eigenvalue weighted by molar-refractivity contribution is 5.60. The Morgan fingerprint density at radius 2 is 1.80 bits per heavy atom. The summed E-state index contributed by atoms with van der Waals surface area (Å²) in [6.45, 7) is 4.84. The molecule has 5 nitrogen and oxygen atoms in total. The van der Waals surface area contributed by atoms with E-state index in [0.717, 1.165) is 35.0 Å². The first-order valence-electron chi connectivity index (χ1n) is 6.50. The Morgan fingerprint density at radius 3 is 2.35 bits per heavy atom. The van der Waals surface area contributed by atoms with Crippen molar-refractivity contribution in [1.82, 2.24) is 9.78 Å². The van der Waals surface area contributed by atoms with E-state index >= 15 is 0 Å². The van der Waals surface area contributed by atoms with E-state index in [0.29, 0.717) is 0 Å². The van der Waals surface area contributed by atoms with Gasteiger partial charge in [0.05, 0.1) is 20.4 Å². The lowest BCUT2D eigenvalue weighted by atomic mass is 10.1. The van der Waals surface area contributed by atoms with Crippen molar-refractivity contribution in [2.75, 3.05) is 19.5 Å². The zero-order valence-corrected chi connectivity index (χ0v) is 12.7. The van der Waals surface area contributed by atoms with Crippen LogP contribution >= 0.6 is 0 Å². The number of nitrogens with zero attached hydrogens (tertiary/aromatic N) is 2. The van der Waals surface area contributed by atoms with E-state index in [2.05, 4.69) is 17.3 Å². The predicted molar refractivity (Wildman–Crippen MR) is 79.6 cm³/mol. The smallest absolute Gasteiger partial charge is 0.162 e. The number of rotatable bonds is 5. The molecular formula is C15H21N3O2. The standard InChI is InChI=1S/C15H21N3O2/c1-10-6-14(19-4)15(20-5)7-13(10)16-8-12-9-17-18(3)11(12)2/h6-7,9,16H,8H2,1-5H3. The van der Waals surface area contributed by atoms with Gasteiger partial charge in [-0.3, -0.25) is 4.68 Å². The lowest BCUT2D eigenvalue weighted by molar-refractivity contribution is 0.355. The van der Waals surface area contributed by atoms with Crippen molar-refractivity contribution < 1.29 is 9.47 Å². The van der Waals surface area contributed by atoms with Crippen molar-refractivity contribution in [1.29, 1.82) is 0 Å². The van der Waals surface area contributed by atoms with Crippen LogP contribution in [0.2, 0.25) is 0 Å². The maximum absolute atomic E-state index is 5.33.